The minimum atomic E-state index is -0.974. The molecule has 3 nitrogen and oxygen atoms in total. The third kappa shape index (κ3) is 6.62. The summed E-state index contributed by atoms with van der Waals surface area (Å²) in [4.78, 5) is 0. The number of hydrogen-bond donors (Lipinski definition) is 3. The van der Waals surface area contributed by atoms with Crippen molar-refractivity contribution in [1.82, 2.24) is 5.32 Å². The average Bonchev–Trinajstić information content (AvgIpc) is 1.99. The standard InChI is InChI=1S/C7H17NO2S/c1-7(10,6-9)5-8-3-4-11-2/h8-10H,3-6H2,1-2H3. The lowest BCUT2D eigenvalue weighted by atomic mass is 10.1. The van der Waals surface area contributed by atoms with Crippen LogP contribution in [0.4, 0.5) is 0 Å². The van der Waals surface area contributed by atoms with E-state index in [1.165, 1.54) is 0 Å². The quantitative estimate of drug-likeness (QED) is 0.489. The van der Waals surface area contributed by atoms with Crippen LogP contribution in [0, 0.1) is 0 Å². The molecule has 0 radical (unpaired) electrons. The first-order valence-corrected chi connectivity index (χ1v) is 5.04. The van der Waals surface area contributed by atoms with Crippen LogP contribution in [0.5, 0.6) is 0 Å². The molecule has 0 saturated carbocycles. The first-order valence-electron chi connectivity index (χ1n) is 3.65. The van der Waals surface area contributed by atoms with E-state index < -0.39 is 5.60 Å². The van der Waals surface area contributed by atoms with Gasteiger partial charge in [0.25, 0.3) is 0 Å². The van der Waals surface area contributed by atoms with Crippen molar-refractivity contribution in [3.63, 3.8) is 0 Å². The Morgan fingerprint density at radius 3 is 2.64 bits per heavy atom. The lowest BCUT2D eigenvalue weighted by molar-refractivity contribution is 0.00324. The lowest BCUT2D eigenvalue weighted by Gasteiger charge is -2.20. The van der Waals surface area contributed by atoms with Gasteiger partial charge >= 0.3 is 0 Å². The molecule has 0 aliphatic rings. The smallest absolute Gasteiger partial charge is 0.0972 e. The van der Waals surface area contributed by atoms with Crippen molar-refractivity contribution in [1.29, 1.82) is 0 Å². The van der Waals surface area contributed by atoms with Crippen LogP contribution >= 0.6 is 11.8 Å². The monoisotopic (exact) mass is 179 g/mol. The van der Waals surface area contributed by atoms with Gasteiger partial charge in [-0.1, -0.05) is 0 Å². The van der Waals surface area contributed by atoms with Gasteiger partial charge in [-0.15, -0.1) is 0 Å². The second-order valence-electron chi connectivity index (χ2n) is 2.82. The molecule has 11 heavy (non-hydrogen) atoms. The molecule has 0 amide bonds. The highest BCUT2D eigenvalue weighted by Crippen LogP contribution is 1.98. The van der Waals surface area contributed by atoms with Crippen molar-refractivity contribution in [3.05, 3.63) is 0 Å². The molecule has 1 atom stereocenters. The molecule has 0 saturated heterocycles. The van der Waals surface area contributed by atoms with Crippen molar-refractivity contribution < 1.29 is 10.2 Å². The number of thioether (sulfide) groups is 1. The number of hydrogen-bond acceptors (Lipinski definition) is 4. The molecule has 0 aliphatic carbocycles. The number of rotatable bonds is 6. The van der Waals surface area contributed by atoms with Crippen molar-refractivity contribution in [2.75, 3.05) is 31.7 Å². The van der Waals surface area contributed by atoms with Crippen molar-refractivity contribution in [3.8, 4) is 0 Å². The molecule has 0 fully saturated rings. The third-order valence-electron chi connectivity index (χ3n) is 1.33. The summed E-state index contributed by atoms with van der Waals surface area (Å²) >= 11 is 1.75. The molecule has 3 N–H and O–H groups in total. The second-order valence-corrected chi connectivity index (χ2v) is 3.81. The van der Waals surface area contributed by atoms with E-state index in [4.69, 9.17) is 5.11 Å². The highest BCUT2D eigenvalue weighted by atomic mass is 32.2. The zero-order chi connectivity index (χ0) is 8.74. The molecule has 4 heteroatoms. The van der Waals surface area contributed by atoms with Gasteiger partial charge in [-0.25, -0.2) is 0 Å². The van der Waals surface area contributed by atoms with Gasteiger partial charge in [0.2, 0.25) is 0 Å². The predicted octanol–water partition coefficient (Wildman–Crippen LogP) is -0.318. The molecule has 0 aromatic heterocycles. The van der Waals surface area contributed by atoms with Gasteiger partial charge in [0, 0.05) is 18.8 Å². The van der Waals surface area contributed by atoms with Gasteiger partial charge in [0.15, 0.2) is 0 Å². The normalized spacial score (nSPS) is 16.4. The van der Waals surface area contributed by atoms with Gasteiger partial charge in [-0.3, -0.25) is 0 Å². The van der Waals surface area contributed by atoms with Gasteiger partial charge in [-0.05, 0) is 13.2 Å². The Morgan fingerprint density at radius 1 is 1.55 bits per heavy atom. The number of nitrogens with one attached hydrogen (secondary N) is 1. The van der Waals surface area contributed by atoms with E-state index in [1.807, 2.05) is 6.26 Å². The summed E-state index contributed by atoms with van der Waals surface area (Å²) in [7, 11) is 0. The van der Waals surface area contributed by atoms with E-state index in [1.54, 1.807) is 18.7 Å². The fourth-order valence-corrected chi connectivity index (χ4v) is 0.936. The Bertz CT molecular complexity index is 98.4. The van der Waals surface area contributed by atoms with Crippen molar-refractivity contribution >= 4 is 11.8 Å². The topological polar surface area (TPSA) is 52.5 Å². The van der Waals surface area contributed by atoms with Crippen LogP contribution in [-0.4, -0.2) is 47.5 Å². The van der Waals surface area contributed by atoms with Crippen LogP contribution in [0.25, 0.3) is 0 Å². The summed E-state index contributed by atoms with van der Waals surface area (Å²) in [6.07, 6.45) is 2.03. The van der Waals surface area contributed by atoms with Crippen LogP contribution in [0.15, 0.2) is 0 Å². The summed E-state index contributed by atoms with van der Waals surface area (Å²) in [5, 5.41) is 21.0. The summed E-state index contributed by atoms with van der Waals surface area (Å²) in [6, 6.07) is 0. The first-order chi connectivity index (χ1) is 5.12. The molecule has 0 aromatic carbocycles. The molecule has 0 bridgehead atoms. The van der Waals surface area contributed by atoms with Gasteiger partial charge in [0.05, 0.1) is 12.2 Å². The number of aliphatic hydroxyl groups excluding tert-OH is 1. The zero-order valence-electron chi connectivity index (χ0n) is 7.13. The highest BCUT2D eigenvalue weighted by Gasteiger charge is 2.17. The van der Waals surface area contributed by atoms with Gasteiger partial charge in [-0.2, -0.15) is 11.8 Å². The minimum absolute atomic E-state index is 0.195. The molecule has 1 unspecified atom stereocenters. The number of aliphatic hydroxyl groups is 2. The molecular weight excluding hydrogens is 162 g/mol. The lowest BCUT2D eigenvalue weighted by Crippen LogP contribution is -2.41. The third-order valence-corrected chi connectivity index (χ3v) is 1.94. The van der Waals surface area contributed by atoms with Crippen LogP contribution in [0.2, 0.25) is 0 Å². The maximum Gasteiger partial charge on any atom is 0.0972 e. The fourth-order valence-electron chi connectivity index (χ4n) is 0.588. The molecular formula is C7H17NO2S. The maximum absolute atomic E-state index is 9.30. The molecule has 68 valence electrons. The SMILES string of the molecule is CSCCNCC(C)(O)CO. The molecule has 0 aromatic rings. The average molecular weight is 179 g/mol. The predicted molar refractivity (Wildman–Crippen MR) is 49.0 cm³/mol. The van der Waals surface area contributed by atoms with Crippen LogP contribution in [-0.2, 0) is 0 Å². The first kappa shape index (κ1) is 11.2. The Labute approximate surface area is 72.2 Å². The van der Waals surface area contributed by atoms with E-state index in [2.05, 4.69) is 5.32 Å². The molecule has 0 spiro atoms. The molecule has 0 heterocycles. The Hall–Kier alpha value is 0.230. The Balaban J connectivity index is 3.23. The van der Waals surface area contributed by atoms with Crippen LogP contribution in [0.3, 0.4) is 0 Å². The van der Waals surface area contributed by atoms with Crippen molar-refractivity contribution in [2.45, 2.75) is 12.5 Å². The Morgan fingerprint density at radius 2 is 2.18 bits per heavy atom. The summed E-state index contributed by atoms with van der Waals surface area (Å²) in [6.45, 7) is 2.74. The second kappa shape index (κ2) is 5.83. The summed E-state index contributed by atoms with van der Waals surface area (Å²) in [5.74, 6) is 1.03. The Kier molecular flexibility index (Phi) is 5.95. The maximum atomic E-state index is 9.30. The highest BCUT2D eigenvalue weighted by molar-refractivity contribution is 7.98. The van der Waals surface area contributed by atoms with Gasteiger partial charge in [0.1, 0.15) is 0 Å². The summed E-state index contributed by atoms with van der Waals surface area (Å²) < 4.78 is 0. The van der Waals surface area contributed by atoms with Crippen LogP contribution < -0.4 is 5.32 Å². The van der Waals surface area contributed by atoms with E-state index in [-0.39, 0.29) is 6.61 Å². The minimum Gasteiger partial charge on any atom is -0.393 e. The largest absolute Gasteiger partial charge is 0.393 e. The van der Waals surface area contributed by atoms with E-state index >= 15 is 0 Å². The van der Waals surface area contributed by atoms with Gasteiger partial charge < -0.3 is 15.5 Å². The van der Waals surface area contributed by atoms with Crippen molar-refractivity contribution in [2.24, 2.45) is 0 Å². The van der Waals surface area contributed by atoms with E-state index in [9.17, 15) is 5.11 Å². The van der Waals surface area contributed by atoms with E-state index in [0.29, 0.717) is 6.54 Å². The molecule has 0 rings (SSSR count). The fraction of sp³-hybridized carbons (Fsp3) is 1.00. The zero-order valence-corrected chi connectivity index (χ0v) is 7.95. The summed E-state index contributed by atoms with van der Waals surface area (Å²) in [5.41, 5.74) is -0.974. The van der Waals surface area contributed by atoms with E-state index in [0.717, 1.165) is 12.3 Å². The molecule has 0 aliphatic heterocycles. The van der Waals surface area contributed by atoms with Crippen LogP contribution in [0.1, 0.15) is 6.92 Å².